The fraction of sp³-hybridized carbons (Fsp3) is 0.130. The molecule has 1 amide bonds. The van der Waals surface area contributed by atoms with Crippen molar-refractivity contribution in [3.63, 3.8) is 0 Å². The van der Waals surface area contributed by atoms with E-state index in [-0.39, 0.29) is 5.91 Å². The highest BCUT2D eigenvalue weighted by Gasteiger charge is 2.25. The number of rotatable bonds is 6. The Bertz CT molecular complexity index is 1330. The minimum Gasteiger partial charge on any atom is -0.492 e. The van der Waals surface area contributed by atoms with Crippen LogP contribution >= 0.6 is 22.7 Å². The van der Waals surface area contributed by atoms with Crippen molar-refractivity contribution >= 4 is 54.1 Å². The van der Waals surface area contributed by atoms with E-state index in [2.05, 4.69) is 9.97 Å². The number of carbonyl (C=O) groups excluding carboxylic acids is 1. The predicted molar refractivity (Wildman–Crippen MR) is 125 cm³/mol. The normalized spacial score (nSPS) is 11.1. The lowest BCUT2D eigenvalue weighted by molar-refractivity contribution is 0.0985. The summed E-state index contributed by atoms with van der Waals surface area (Å²) in [7, 11) is 0. The van der Waals surface area contributed by atoms with Gasteiger partial charge in [-0.05, 0) is 42.8 Å². The van der Waals surface area contributed by atoms with Crippen LogP contribution in [0.25, 0.3) is 20.4 Å². The Morgan fingerprint density at radius 2 is 1.87 bits per heavy atom. The molecule has 2 aromatic carbocycles. The second kappa shape index (κ2) is 8.41. The smallest absolute Gasteiger partial charge is 0.289 e. The maximum absolute atomic E-state index is 13.6. The van der Waals surface area contributed by atoms with Gasteiger partial charge < -0.3 is 4.74 Å². The summed E-state index contributed by atoms with van der Waals surface area (Å²) < 4.78 is 7.68. The number of ether oxygens (including phenoxy) is 1. The fourth-order valence-electron chi connectivity index (χ4n) is 3.28. The predicted octanol–water partition coefficient (Wildman–Crippen LogP) is 5.55. The van der Waals surface area contributed by atoms with Gasteiger partial charge in [0.25, 0.3) is 5.91 Å². The summed E-state index contributed by atoms with van der Waals surface area (Å²) in [6.45, 7) is 2.85. The van der Waals surface area contributed by atoms with Gasteiger partial charge in [0.2, 0.25) is 0 Å². The van der Waals surface area contributed by atoms with E-state index >= 15 is 0 Å². The third-order valence-corrected chi connectivity index (χ3v) is 6.75. The van der Waals surface area contributed by atoms with E-state index in [0.29, 0.717) is 23.3 Å². The van der Waals surface area contributed by atoms with Crippen LogP contribution in [0.5, 0.6) is 5.75 Å². The Morgan fingerprint density at radius 1 is 1.00 bits per heavy atom. The second-order valence-corrected chi connectivity index (χ2v) is 8.81. The number of hydrogen-bond acceptors (Lipinski definition) is 7. The summed E-state index contributed by atoms with van der Waals surface area (Å²) in [5.74, 6) is 0.540. The van der Waals surface area contributed by atoms with Crippen LogP contribution in [0.1, 0.15) is 22.3 Å². The summed E-state index contributed by atoms with van der Waals surface area (Å²) in [5, 5.41) is 1.05. The molecule has 0 saturated heterocycles. The zero-order valence-electron chi connectivity index (χ0n) is 16.7. The van der Waals surface area contributed by atoms with Crippen molar-refractivity contribution in [2.75, 3.05) is 11.5 Å². The first kappa shape index (κ1) is 19.6. The number of amides is 1. The number of fused-ring (bicyclic) bond motifs is 2. The number of thiazole rings is 2. The molecule has 0 atom stereocenters. The van der Waals surface area contributed by atoms with Gasteiger partial charge in [-0.25, -0.2) is 9.97 Å². The third kappa shape index (κ3) is 3.87. The van der Waals surface area contributed by atoms with Gasteiger partial charge in [0.1, 0.15) is 11.3 Å². The molecule has 0 aliphatic heterocycles. The van der Waals surface area contributed by atoms with Crippen LogP contribution in [-0.4, -0.2) is 27.5 Å². The van der Waals surface area contributed by atoms with Crippen molar-refractivity contribution in [3.8, 4) is 5.75 Å². The average Bonchev–Trinajstić information content (AvgIpc) is 3.43. The van der Waals surface area contributed by atoms with Crippen LogP contribution in [0, 0.1) is 0 Å². The SMILES string of the molecule is CCOc1cccc2sc(N(Cc3cccnc3)C(=O)c3nc4ccccc4s3)nc12. The molecule has 0 unspecified atom stereocenters. The molecule has 8 heteroatoms. The Hall–Kier alpha value is -3.36. The molecule has 0 N–H and O–H groups in total. The Balaban J connectivity index is 1.59. The van der Waals surface area contributed by atoms with Gasteiger partial charge in [-0.15, -0.1) is 11.3 Å². The maximum atomic E-state index is 13.6. The van der Waals surface area contributed by atoms with Crippen LogP contribution < -0.4 is 9.64 Å². The second-order valence-electron chi connectivity index (χ2n) is 6.77. The van der Waals surface area contributed by atoms with Gasteiger partial charge >= 0.3 is 0 Å². The van der Waals surface area contributed by atoms with Gasteiger partial charge in [0, 0.05) is 12.4 Å². The number of aromatic nitrogens is 3. The largest absolute Gasteiger partial charge is 0.492 e. The molecule has 31 heavy (non-hydrogen) atoms. The van der Waals surface area contributed by atoms with Crippen molar-refractivity contribution in [1.82, 2.24) is 15.0 Å². The van der Waals surface area contributed by atoms with E-state index < -0.39 is 0 Å². The van der Waals surface area contributed by atoms with Crippen molar-refractivity contribution in [2.45, 2.75) is 13.5 Å². The molecular weight excluding hydrogens is 428 g/mol. The van der Waals surface area contributed by atoms with E-state index in [9.17, 15) is 4.79 Å². The number of nitrogens with zero attached hydrogens (tertiary/aromatic N) is 4. The maximum Gasteiger partial charge on any atom is 0.289 e. The van der Waals surface area contributed by atoms with Gasteiger partial charge in [-0.3, -0.25) is 14.7 Å². The summed E-state index contributed by atoms with van der Waals surface area (Å²) >= 11 is 2.86. The molecule has 0 aliphatic rings. The number of benzene rings is 2. The molecule has 0 spiro atoms. The van der Waals surface area contributed by atoms with E-state index in [1.807, 2.05) is 61.5 Å². The molecule has 0 aliphatic carbocycles. The monoisotopic (exact) mass is 446 g/mol. The van der Waals surface area contributed by atoms with Crippen molar-refractivity contribution in [1.29, 1.82) is 0 Å². The fourth-order valence-corrected chi connectivity index (χ4v) is 5.17. The molecule has 154 valence electrons. The highest BCUT2D eigenvalue weighted by molar-refractivity contribution is 7.23. The summed E-state index contributed by atoms with van der Waals surface area (Å²) in [6, 6.07) is 17.4. The number of para-hydroxylation sites is 2. The molecule has 6 nitrogen and oxygen atoms in total. The van der Waals surface area contributed by atoms with E-state index in [1.54, 1.807) is 17.3 Å². The zero-order valence-corrected chi connectivity index (χ0v) is 18.3. The quantitative estimate of drug-likeness (QED) is 0.342. The topological polar surface area (TPSA) is 68.2 Å². The number of pyridine rings is 1. The summed E-state index contributed by atoms with van der Waals surface area (Å²) in [4.78, 5) is 28.8. The molecule has 0 radical (unpaired) electrons. The van der Waals surface area contributed by atoms with Crippen LogP contribution in [0.2, 0.25) is 0 Å². The van der Waals surface area contributed by atoms with Crippen molar-refractivity contribution in [3.05, 3.63) is 77.6 Å². The third-order valence-electron chi connectivity index (χ3n) is 4.69. The van der Waals surface area contributed by atoms with Crippen molar-refractivity contribution in [2.24, 2.45) is 0 Å². The Kier molecular flexibility index (Phi) is 5.31. The number of anilines is 1. The Morgan fingerprint density at radius 3 is 2.68 bits per heavy atom. The highest BCUT2D eigenvalue weighted by atomic mass is 32.1. The average molecular weight is 447 g/mol. The zero-order chi connectivity index (χ0) is 21.2. The first-order chi connectivity index (χ1) is 15.2. The van der Waals surface area contributed by atoms with Gasteiger partial charge in [0.15, 0.2) is 10.1 Å². The van der Waals surface area contributed by atoms with Crippen LogP contribution in [0.4, 0.5) is 5.13 Å². The molecular formula is C23H18N4O2S2. The molecule has 0 fully saturated rings. The van der Waals surface area contributed by atoms with Crippen LogP contribution in [0.3, 0.4) is 0 Å². The van der Waals surface area contributed by atoms with Crippen molar-refractivity contribution < 1.29 is 9.53 Å². The molecule has 5 rings (SSSR count). The highest BCUT2D eigenvalue weighted by Crippen LogP contribution is 2.36. The summed E-state index contributed by atoms with van der Waals surface area (Å²) in [5.41, 5.74) is 2.50. The summed E-state index contributed by atoms with van der Waals surface area (Å²) in [6.07, 6.45) is 3.48. The van der Waals surface area contributed by atoms with Gasteiger partial charge in [-0.1, -0.05) is 35.6 Å². The van der Waals surface area contributed by atoms with E-state index in [0.717, 1.165) is 31.7 Å². The molecule has 0 bridgehead atoms. The van der Waals surface area contributed by atoms with Crippen LogP contribution in [-0.2, 0) is 6.54 Å². The van der Waals surface area contributed by atoms with Gasteiger partial charge in [0.05, 0.1) is 28.1 Å². The molecule has 0 saturated carbocycles. The number of hydrogen-bond donors (Lipinski definition) is 0. The molecule has 5 aromatic rings. The molecule has 3 aromatic heterocycles. The lowest BCUT2D eigenvalue weighted by Gasteiger charge is -2.18. The van der Waals surface area contributed by atoms with E-state index in [4.69, 9.17) is 9.72 Å². The minimum absolute atomic E-state index is 0.179. The number of carbonyl (C=O) groups is 1. The van der Waals surface area contributed by atoms with Crippen LogP contribution in [0.15, 0.2) is 67.0 Å². The van der Waals surface area contributed by atoms with Gasteiger partial charge in [-0.2, -0.15) is 0 Å². The first-order valence-electron chi connectivity index (χ1n) is 9.81. The molecule has 3 heterocycles. The lowest BCUT2D eigenvalue weighted by Crippen LogP contribution is -2.30. The first-order valence-corrected chi connectivity index (χ1v) is 11.4. The standard InChI is InChI=1S/C23H18N4O2S2/c1-2-29-17-9-5-11-19-20(17)26-23(31-19)27(14-15-7-6-12-24-13-15)22(28)21-25-16-8-3-4-10-18(16)30-21/h3-13H,2,14H2,1H3. The minimum atomic E-state index is -0.179. The lowest BCUT2D eigenvalue weighted by atomic mass is 10.2. The Labute approximate surface area is 186 Å². The van der Waals surface area contributed by atoms with E-state index in [1.165, 1.54) is 22.7 Å².